The molecule has 0 amide bonds. The Balaban J connectivity index is 2.48. The number of nitrogens with zero attached hydrogens (tertiary/aromatic N) is 4. The lowest BCUT2D eigenvalue weighted by Crippen LogP contribution is -1.95. The van der Waals surface area contributed by atoms with Crippen LogP contribution < -0.4 is 0 Å². The highest BCUT2D eigenvalue weighted by molar-refractivity contribution is 14.1. The number of rotatable bonds is 1. The van der Waals surface area contributed by atoms with E-state index in [-0.39, 0.29) is 0 Å². The second kappa shape index (κ2) is 4.14. The van der Waals surface area contributed by atoms with Gasteiger partial charge < -0.3 is 0 Å². The molecule has 14 heavy (non-hydrogen) atoms. The van der Waals surface area contributed by atoms with Crippen molar-refractivity contribution in [3.05, 3.63) is 33.4 Å². The molecule has 0 aliphatic carbocycles. The summed E-state index contributed by atoms with van der Waals surface area (Å²) in [4.78, 5) is 16.2. The first kappa shape index (κ1) is 9.72. The largest absolute Gasteiger partial charge is 0.234 e. The molecule has 6 heteroatoms. The Hall–Kier alpha value is -0.820. The molecule has 0 spiro atoms. The van der Waals surface area contributed by atoms with E-state index in [0.717, 1.165) is 3.57 Å². The number of hydrogen-bond acceptors (Lipinski definition) is 4. The van der Waals surface area contributed by atoms with Gasteiger partial charge in [-0.15, -0.1) is 0 Å². The molecule has 2 rings (SSSR count). The quantitative estimate of drug-likeness (QED) is 0.597. The summed E-state index contributed by atoms with van der Waals surface area (Å²) < 4.78 is 0.809. The van der Waals surface area contributed by atoms with Crippen LogP contribution in [0.5, 0.6) is 0 Å². The zero-order chi connectivity index (χ0) is 9.97. The Morgan fingerprint density at radius 3 is 2.43 bits per heavy atom. The molecule has 0 atom stereocenters. The van der Waals surface area contributed by atoms with Gasteiger partial charge in [0.15, 0.2) is 11.6 Å². The first-order chi connectivity index (χ1) is 6.77. The highest BCUT2D eigenvalue weighted by Gasteiger charge is 2.06. The average molecular weight is 319 g/mol. The molecule has 0 aromatic carbocycles. The van der Waals surface area contributed by atoms with Crippen molar-refractivity contribution in [2.75, 3.05) is 0 Å². The minimum Gasteiger partial charge on any atom is -0.234 e. The van der Waals surface area contributed by atoms with E-state index in [0.29, 0.717) is 16.8 Å². The van der Waals surface area contributed by atoms with Crippen molar-refractivity contribution in [3.8, 4) is 11.6 Å². The van der Waals surface area contributed by atoms with Crippen LogP contribution in [-0.4, -0.2) is 19.9 Å². The molecule has 0 saturated carbocycles. The average Bonchev–Trinajstić information content (AvgIpc) is 2.23. The second-order valence-corrected chi connectivity index (χ2v) is 3.92. The smallest absolute Gasteiger partial charge is 0.199 e. The molecule has 0 radical (unpaired) electrons. The van der Waals surface area contributed by atoms with E-state index in [1.165, 1.54) is 0 Å². The number of aromatic nitrogens is 4. The summed E-state index contributed by atoms with van der Waals surface area (Å²) in [6.07, 6.45) is 4.91. The van der Waals surface area contributed by atoms with E-state index in [1.54, 1.807) is 24.7 Å². The molecule has 2 aromatic rings. The molecule has 0 aliphatic heterocycles. The topological polar surface area (TPSA) is 51.6 Å². The van der Waals surface area contributed by atoms with Gasteiger partial charge in [0.1, 0.15) is 5.15 Å². The second-order valence-electron chi connectivity index (χ2n) is 2.40. The fraction of sp³-hybridized carbons (Fsp3) is 0. The van der Waals surface area contributed by atoms with E-state index in [2.05, 4.69) is 42.5 Å². The minimum absolute atomic E-state index is 0.419. The van der Waals surface area contributed by atoms with Gasteiger partial charge in [-0.25, -0.2) is 19.9 Å². The molecule has 2 aromatic heterocycles. The third kappa shape index (κ3) is 1.98. The summed E-state index contributed by atoms with van der Waals surface area (Å²) in [7, 11) is 0. The van der Waals surface area contributed by atoms with Crippen LogP contribution >= 0.6 is 34.2 Å². The standard InChI is InChI=1S/C8H4ClIN4/c9-6-5(10)4-13-8(14-6)7-11-2-1-3-12-7/h1-4H. The lowest BCUT2D eigenvalue weighted by molar-refractivity contribution is 1.07. The maximum atomic E-state index is 5.85. The Morgan fingerprint density at radius 1 is 1.07 bits per heavy atom. The molecular weight excluding hydrogens is 314 g/mol. The van der Waals surface area contributed by atoms with Crippen LogP contribution in [0, 0.1) is 3.57 Å². The van der Waals surface area contributed by atoms with Crippen LogP contribution in [0.2, 0.25) is 5.15 Å². The number of hydrogen-bond donors (Lipinski definition) is 0. The molecule has 0 fully saturated rings. The summed E-state index contributed by atoms with van der Waals surface area (Å²) >= 11 is 7.91. The zero-order valence-electron chi connectivity index (χ0n) is 6.85. The van der Waals surface area contributed by atoms with Crippen molar-refractivity contribution >= 4 is 34.2 Å². The molecule has 70 valence electrons. The Bertz CT molecular complexity index is 448. The van der Waals surface area contributed by atoms with Crippen molar-refractivity contribution in [2.45, 2.75) is 0 Å². The molecule has 0 saturated heterocycles. The Morgan fingerprint density at radius 2 is 1.79 bits per heavy atom. The van der Waals surface area contributed by atoms with E-state index in [4.69, 9.17) is 11.6 Å². The fourth-order valence-electron chi connectivity index (χ4n) is 0.869. The lowest BCUT2D eigenvalue weighted by atomic mass is 10.5. The van der Waals surface area contributed by atoms with Crippen molar-refractivity contribution in [1.29, 1.82) is 0 Å². The predicted octanol–water partition coefficient (Wildman–Crippen LogP) is 2.19. The van der Waals surface area contributed by atoms with Crippen molar-refractivity contribution in [1.82, 2.24) is 19.9 Å². The van der Waals surface area contributed by atoms with Gasteiger partial charge in [-0.1, -0.05) is 11.6 Å². The Labute approximate surface area is 98.9 Å². The molecule has 0 unspecified atom stereocenters. The summed E-state index contributed by atoms with van der Waals surface area (Å²) in [5.41, 5.74) is 0. The maximum Gasteiger partial charge on any atom is 0.199 e. The third-order valence-electron chi connectivity index (χ3n) is 1.47. The Kier molecular flexibility index (Phi) is 2.87. The molecule has 0 bridgehead atoms. The van der Waals surface area contributed by atoms with Gasteiger partial charge in [-0.05, 0) is 28.7 Å². The van der Waals surface area contributed by atoms with E-state index in [9.17, 15) is 0 Å². The van der Waals surface area contributed by atoms with Gasteiger partial charge in [0.05, 0.1) is 3.57 Å². The molecule has 0 aliphatic rings. The van der Waals surface area contributed by atoms with Crippen LogP contribution in [0.4, 0.5) is 0 Å². The third-order valence-corrected chi connectivity index (χ3v) is 2.86. The van der Waals surface area contributed by atoms with Crippen LogP contribution in [0.3, 0.4) is 0 Å². The molecule has 0 N–H and O–H groups in total. The summed E-state index contributed by atoms with van der Waals surface area (Å²) in [5.74, 6) is 0.918. The van der Waals surface area contributed by atoms with Crippen LogP contribution in [0.1, 0.15) is 0 Å². The van der Waals surface area contributed by atoms with E-state index < -0.39 is 0 Å². The summed E-state index contributed by atoms with van der Waals surface area (Å²) in [6, 6.07) is 1.73. The molecule has 2 heterocycles. The van der Waals surface area contributed by atoms with Crippen molar-refractivity contribution in [2.24, 2.45) is 0 Å². The SMILES string of the molecule is Clc1nc(-c2ncccn2)ncc1I. The molecular formula is C8H4ClIN4. The van der Waals surface area contributed by atoms with Gasteiger partial charge >= 0.3 is 0 Å². The number of halogens is 2. The van der Waals surface area contributed by atoms with Crippen LogP contribution in [-0.2, 0) is 0 Å². The first-order valence-corrected chi connectivity index (χ1v) is 5.18. The van der Waals surface area contributed by atoms with Crippen LogP contribution in [0.25, 0.3) is 11.6 Å². The van der Waals surface area contributed by atoms with Crippen LogP contribution in [0.15, 0.2) is 24.7 Å². The highest BCUT2D eigenvalue weighted by Crippen LogP contribution is 2.17. The van der Waals surface area contributed by atoms with Gasteiger partial charge in [0.2, 0.25) is 0 Å². The van der Waals surface area contributed by atoms with Gasteiger partial charge in [0.25, 0.3) is 0 Å². The van der Waals surface area contributed by atoms with Gasteiger partial charge in [0, 0.05) is 18.6 Å². The zero-order valence-corrected chi connectivity index (χ0v) is 9.77. The van der Waals surface area contributed by atoms with Gasteiger partial charge in [-0.3, -0.25) is 0 Å². The summed E-state index contributed by atoms with van der Waals surface area (Å²) in [5, 5.41) is 0.419. The molecule has 4 nitrogen and oxygen atoms in total. The summed E-state index contributed by atoms with van der Waals surface area (Å²) in [6.45, 7) is 0. The lowest BCUT2D eigenvalue weighted by Gasteiger charge is -1.98. The highest BCUT2D eigenvalue weighted by atomic mass is 127. The minimum atomic E-state index is 0.419. The van der Waals surface area contributed by atoms with Crippen molar-refractivity contribution in [3.63, 3.8) is 0 Å². The first-order valence-electron chi connectivity index (χ1n) is 3.73. The van der Waals surface area contributed by atoms with E-state index >= 15 is 0 Å². The maximum absolute atomic E-state index is 5.85. The predicted molar refractivity (Wildman–Crippen MR) is 60.8 cm³/mol. The van der Waals surface area contributed by atoms with Crippen molar-refractivity contribution < 1.29 is 0 Å². The monoisotopic (exact) mass is 318 g/mol. The van der Waals surface area contributed by atoms with Gasteiger partial charge in [-0.2, -0.15) is 0 Å². The fourth-order valence-corrected chi connectivity index (χ4v) is 1.26. The van der Waals surface area contributed by atoms with E-state index in [1.807, 2.05) is 0 Å². The normalized spacial score (nSPS) is 10.1.